The van der Waals surface area contributed by atoms with Gasteiger partial charge >= 0.3 is 0 Å². The highest BCUT2D eigenvalue weighted by Crippen LogP contribution is 2.35. The fraction of sp³-hybridized carbons (Fsp3) is 0.833. The van der Waals surface area contributed by atoms with Crippen LogP contribution in [0.15, 0.2) is 4.99 Å². The third-order valence-electron chi connectivity index (χ3n) is 5.90. The molecule has 3 fully saturated rings. The third kappa shape index (κ3) is 5.69. The minimum absolute atomic E-state index is 0. The number of carbonyl (C=O) groups is 2. The van der Waals surface area contributed by atoms with Gasteiger partial charge in [0, 0.05) is 84.7 Å². The molecule has 8 nitrogen and oxygen atoms in total. The van der Waals surface area contributed by atoms with Crippen LogP contribution in [0, 0.1) is 5.41 Å². The van der Waals surface area contributed by atoms with Crippen LogP contribution in [0.2, 0.25) is 0 Å². The number of nitrogens with one attached hydrogen (secondary N) is 2. The minimum Gasteiger partial charge on any atom is -0.355 e. The summed E-state index contributed by atoms with van der Waals surface area (Å²) in [5.74, 6) is 1.28. The zero-order chi connectivity index (χ0) is 18.6. The van der Waals surface area contributed by atoms with Crippen LogP contribution in [-0.4, -0.2) is 98.4 Å². The summed E-state index contributed by atoms with van der Waals surface area (Å²) in [4.78, 5) is 34.1. The molecule has 27 heavy (non-hydrogen) atoms. The number of aliphatic imine (C=N–C) groups is 1. The van der Waals surface area contributed by atoms with E-state index in [2.05, 4.69) is 25.4 Å². The van der Waals surface area contributed by atoms with Gasteiger partial charge in [0.05, 0.1) is 0 Å². The van der Waals surface area contributed by atoms with Crippen LogP contribution in [-0.2, 0) is 9.59 Å². The quantitative estimate of drug-likeness (QED) is 0.328. The summed E-state index contributed by atoms with van der Waals surface area (Å²) < 4.78 is 0. The van der Waals surface area contributed by atoms with Crippen molar-refractivity contribution in [2.24, 2.45) is 10.4 Å². The van der Waals surface area contributed by atoms with E-state index in [1.807, 2.05) is 11.9 Å². The van der Waals surface area contributed by atoms with Crippen molar-refractivity contribution in [3.63, 3.8) is 0 Å². The van der Waals surface area contributed by atoms with Crippen molar-refractivity contribution in [3.05, 3.63) is 0 Å². The molecule has 2 N–H and O–H groups in total. The molecule has 2 amide bonds. The molecule has 1 unspecified atom stereocenters. The van der Waals surface area contributed by atoms with Crippen molar-refractivity contribution >= 4 is 41.8 Å². The van der Waals surface area contributed by atoms with E-state index in [1.165, 1.54) is 0 Å². The van der Waals surface area contributed by atoms with E-state index in [0.29, 0.717) is 6.42 Å². The minimum atomic E-state index is 0. The van der Waals surface area contributed by atoms with Crippen LogP contribution in [0.3, 0.4) is 0 Å². The molecule has 1 atom stereocenters. The van der Waals surface area contributed by atoms with Crippen LogP contribution < -0.4 is 10.6 Å². The summed E-state index contributed by atoms with van der Waals surface area (Å²) in [6.07, 6.45) is 2.85. The first-order valence-electron chi connectivity index (χ1n) is 9.71. The maximum atomic E-state index is 11.7. The Hall–Kier alpha value is -1.10. The topological polar surface area (TPSA) is 80.3 Å². The summed E-state index contributed by atoms with van der Waals surface area (Å²) in [5.41, 5.74) is 0.0793. The Morgan fingerprint density at radius 1 is 1.22 bits per heavy atom. The molecule has 0 aliphatic carbocycles. The molecule has 3 aliphatic rings. The van der Waals surface area contributed by atoms with Crippen LogP contribution in [0.25, 0.3) is 0 Å². The molecule has 0 bridgehead atoms. The van der Waals surface area contributed by atoms with Gasteiger partial charge < -0.3 is 20.4 Å². The van der Waals surface area contributed by atoms with E-state index in [-0.39, 0.29) is 41.2 Å². The average Bonchev–Trinajstić information content (AvgIpc) is 2.99. The van der Waals surface area contributed by atoms with Gasteiger partial charge in [0.15, 0.2) is 5.96 Å². The molecular formula is C18H33IN6O2. The highest BCUT2D eigenvalue weighted by atomic mass is 127. The van der Waals surface area contributed by atoms with Gasteiger partial charge in [-0.15, -0.1) is 24.0 Å². The number of hydrogen-bond donors (Lipinski definition) is 2. The monoisotopic (exact) mass is 492 g/mol. The molecule has 3 aliphatic heterocycles. The smallest absolute Gasteiger partial charge is 0.220 e. The number of nitrogens with zero attached hydrogens (tertiary/aromatic N) is 4. The van der Waals surface area contributed by atoms with Gasteiger partial charge in [-0.3, -0.25) is 19.5 Å². The zero-order valence-electron chi connectivity index (χ0n) is 16.5. The van der Waals surface area contributed by atoms with Crippen molar-refractivity contribution < 1.29 is 9.59 Å². The van der Waals surface area contributed by atoms with Crippen molar-refractivity contribution in [1.82, 2.24) is 25.3 Å². The molecule has 0 saturated carbocycles. The maximum Gasteiger partial charge on any atom is 0.220 e. The molecule has 3 rings (SSSR count). The van der Waals surface area contributed by atoms with Crippen molar-refractivity contribution in [2.45, 2.75) is 26.2 Å². The van der Waals surface area contributed by atoms with Gasteiger partial charge in [0.25, 0.3) is 0 Å². The first-order valence-corrected chi connectivity index (χ1v) is 9.71. The van der Waals surface area contributed by atoms with Gasteiger partial charge in [0.2, 0.25) is 11.8 Å². The van der Waals surface area contributed by atoms with Gasteiger partial charge in [0.1, 0.15) is 0 Å². The summed E-state index contributed by atoms with van der Waals surface area (Å²) in [6, 6.07) is 0. The average molecular weight is 492 g/mol. The van der Waals surface area contributed by atoms with Gasteiger partial charge in [-0.25, -0.2) is 0 Å². The molecule has 3 saturated heterocycles. The predicted octanol–water partition coefficient (Wildman–Crippen LogP) is -0.0540. The normalized spacial score (nSPS) is 26.7. The molecule has 3 heterocycles. The molecule has 0 aromatic heterocycles. The number of rotatable bonds is 3. The fourth-order valence-electron chi connectivity index (χ4n) is 4.37. The number of piperazine rings is 1. The lowest BCUT2D eigenvalue weighted by molar-refractivity contribution is -0.130. The Balaban J connectivity index is 0.00000261. The molecule has 0 aromatic carbocycles. The lowest BCUT2D eigenvalue weighted by Crippen LogP contribution is -2.53. The van der Waals surface area contributed by atoms with E-state index in [0.717, 1.165) is 77.7 Å². The lowest BCUT2D eigenvalue weighted by Gasteiger charge is -2.41. The van der Waals surface area contributed by atoms with Gasteiger partial charge in [-0.1, -0.05) is 0 Å². The van der Waals surface area contributed by atoms with Crippen LogP contribution in [0.1, 0.15) is 26.2 Å². The second kappa shape index (κ2) is 9.90. The molecule has 0 aromatic rings. The second-order valence-electron chi connectivity index (χ2n) is 7.80. The van der Waals surface area contributed by atoms with E-state index < -0.39 is 0 Å². The van der Waals surface area contributed by atoms with E-state index >= 15 is 0 Å². The highest BCUT2D eigenvalue weighted by molar-refractivity contribution is 14.0. The number of likely N-dealkylation sites (tertiary alicyclic amines) is 1. The molecule has 1 spiro atoms. The van der Waals surface area contributed by atoms with Crippen molar-refractivity contribution in [2.75, 3.05) is 66.0 Å². The number of carbonyl (C=O) groups excluding carboxylic acids is 2. The van der Waals surface area contributed by atoms with Crippen LogP contribution >= 0.6 is 24.0 Å². The molecule has 154 valence electrons. The van der Waals surface area contributed by atoms with Crippen LogP contribution in [0.4, 0.5) is 0 Å². The predicted molar refractivity (Wildman–Crippen MR) is 116 cm³/mol. The van der Waals surface area contributed by atoms with E-state index in [4.69, 9.17) is 0 Å². The first-order chi connectivity index (χ1) is 12.5. The Morgan fingerprint density at radius 3 is 2.56 bits per heavy atom. The summed E-state index contributed by atoms with van der Waals surface area (Å²) in [6.45, 7) is 9.60. The Kier molecular flexibility index (Phi) is 8.14. The fourth-order valence-corrected chi connectivity index (χ4v) is 4.37. The third-order valence-corrected chi connectivity index (χ3v) is 5.90. The summed E-state index contributed by atoms with van der Waals surface area (Å²) >= 11 is 0. The number of hydrogen-bond acceptors (Lipinski definition) is 4. The standard InChI is InChI=1S/C18H32N6O2.HI/c1-15(25)23-10-8-22(9-11-23)7-5-20-17(19-2)24-6-3-4-18(14-24)12-16(26)21-13-18;/h3-14H2,1-2H3,(H,19,20)(H,21,26);1H. The van der Waals surface area contributed by atoms with Crippen LogP contribution in [0.5, 0.6) is 0 Å². The summed E-state index contributed by atoms with van der Waals surface area (Å²) in [7, 11) is 1.83. The summed E-state index contributed by atoms with van der Waals surface area (Å²) in [5, 5.41) is 6.48. The SMILES string of the molecule is CN=C(NCCN1CCN(C(C)=O)CC1)N1CCCC2(CNC(=O)C2)C1.I. The first kappa shape index (κ1) is 22.2. The maximum absolute atomic E-state index is 11.7. The van der Waals surface area contributed by atoms with Gasteiger partial charge in [-0.2, -0.15) is 0 Å². The Labute approximate surface area is 179 Å². The van der Waals surface area contributed by atoms with E-state index in [1.54, 1.807) is 6.92 Å². The second-order valence-corrected chi connectivity index (χ2v) is 7.80. The van der Waals surface area contributed by atoms with Crippen molar-refractivity contribution in [1.29, 1.82) is 0 Å². The number of piperidine rings is 1. The Morgan fingerprint density at radius 2 is 1.96 bits per heavy atom. The van der Waals surface area contributed by atoms with E-state index in [9.17, 15) is 9.59 Å². The van der Waals surface area contributed by atoms with Gasteiger partial charge in [-0.05, 0) is 12.8 Å². The highest BCUT2D eigenvalue weighted by Gasteiger charge is 2.42. The number of guanidine groups is 1. The number of amides is 2. The number of halogens is 1. The molecular weight excluding hydrogens is 459 g/mol. The lowest BCUT2D eigenvalue weighted by atomic mass is 9.79. The molecule has 9 heteroatoms. The molecule has 0 radical (unpaired) electrons. The largest absolute Gasteiger partial charge is 0.355 e. The van der Waals surface area contributed by atoms with Crippen molar-refractivity contribution in [3.8, 4) is 0 Å². The Bertz CT molecular complexity index is 564. The zero-order valence-corrected chi connectivity index (χ0v) is 18.8.